The second-order valence-electron chi connectivity index (χ2n) is 6.35. The Morgan fingerprint density at radius 1 is 0.960 bits per heavy atom. The molecule has 2 heterocycles. The van der Waals surface area contributed by atoms with E-state index < -0.39 is 0 Å². The van der Waals surface area contributed by atoms with Crippen LogP contribution >= 0.6 is 11.8 Å². The van der Waals surface area contributed by atoms with Crippen molar-refractivity contribution < 1.29 is 4.79 Å². The van der Waals surface area contributed by atoms with E-state index in [4.69, 9.17) is 4.99 Å². The fourth-order valence-electron chi connectivity index (χ4n) is 3.35. The van der Waals surface area contributed by atoms with Crippen molar-refractivity contribution in [1.82, 2.24) is 9.80 Å². The minimum atomic E-state index is 0.158. The molecule has 2 aliphatic heterocycles. The number of aliphatic imine (C=N–C) groups is 1. The molecule has 1 fully saturated rings. The Labute approximate surface area is 152 Å². The summed E-state index contributed by atoms with van der Waals surface area (Å²) in [5.74, 6) is 1.18. The highest BCUT2D eigenvalue weighted by Crippen LogP contribution is 2.40. The normalized spacial score (nSPS) is 17.1. The molecule has 4 nitrogen and oxygen atoms in total. The van der Waals surface area contributed by atoms with Crippen molar-refractivity contribution >= 4 is 29.2 Å². The summed E-state index contributed by atoms with van der Waals surface area (Å²) in [6.45, 7) is 4.97. The predicted octanol–water partition coefficient (Wildman–Crippen LogP) is 3.78. The predicted molar refractivity (Wildman–Crippen MR) is 102 cm³/mol. The van der Waals surface area contributed by atoms with Crippen LogP contribution in [0.5, 0.6) is 0 Å². The van der Waals surface area contributed by atoms with E-state index in [2.05, 4.69) is 47.4 Å². The topological polar surface area (TPSA) is 35.9 Å². The highest BCUT2D eigenvalue weighted by Gasteiger charge is 2.24. The fourth-order valence-corrected chi connectivity index (χ4v) is 4.37. The van der Waals surface area contributed by atoms with E-state index >= 15 is 0 Å². The Morgan fingerprint density at radius 3 is 2.56 bits per heavy atom. The lowest BCUT2D eigenvalue weighted by molar-refractivity contribution is -0.128. The van der Waals surface area contributed by atoms with Gasteiger partial charge in [0.1, 0.15) is 5.84 Å². The standard InChI is InChI=1S/C20H21N3OS/c1-15(24)22-11-6-12-23(14-13-22)20-16-7-2-4-9-18(16)25-19-10-5-3-8-17(19)21-20/h2-5,7-10H,6,11-14H2,1H3. The quantitative estimate of drug-likeness (QED) is 0.725. The monoisotopic (exact) mass is 351 g/mol. The minimum Gasteiger partial charge on any atom is -0.354 e. The third kappa shape index (κ3) is 3.29. The van der Waals surface area contributed by atoms with Gasteiger partial charge in [-0.15, -0.1) is 0 Å². The number of hydrogen-bond acceptors (Lipinski definition) is 4. The molecule has 5 heteroatoms. The summed E-state index contributed by atoms with van der Waals surface area (Å²) in [4.78, 5) is 23.5. The van der Waals surface area contributed by atoms with E-state index in [0.717, 1.165) is 44.1 Å². The van der Waals surface area contributed by atoms with Crippen molar-refractivity contribution in [2.45, 2.75) is 23.1 Å². The zero-order chi connectivity index (χ0) is 17.2. The fraction of sp³-hybridized carbons (Fsp3) is 0.300. The van der Waals surface area contributed by atoms with E-state index in [-0.39, 0.29) is 5.91 Å². The average molecular weight is 351 g/mol. The molecule has 0 saturated carbocycles. The van der Waals surface area contributed by atoms with Crippen LogP contribution < -0.4 is 0 Å². The maximum absolute atomic E-state index is 11.7. The molecule has 0 aliphatic carbocycles. The Balaban J connectivity index is 1.74. The van der Waals surface area contributed by atoms with Gasteiger partial charge in [-0.05, 0) is 24.6 Å². The van der Waals surface area contributed by atoms with Crippen LogP contribution in [0.4, 0.5) is 5.69 Å². The van der Waals surface area contributed by atoms with Gasteiger partial charge in [0, 0.05) is 48.5 Å². The van der Waals surface area contributed by atoms with Gasteiger partial charge in [-0.1, -0.05) is 42.1 Å². The van der Waals surface area contributed by atoms with Gasteiger partial charge in [-0.25, -0.2) is 4.99 Å². The Hall–Kier alpha value is -2.27. The lowest BCUT2D eigenvalue weighted by Gasteiger charge is -2.25. The van der Waals surface area contributed by atoms with Crippen LogP contribution in [-0.4, -0.2) is 47.7 Å². The summed E-state index contributed by atoms with van der Waals surface area (Å²) in [7, 11) is 0. The van der Waals surface area contributed by atoms with Gasteiger partial charge in [0.15, 0.2) is 0 Å². The van der Waals surface area contributed by atoms with Crippen LogP contribution in [0, 0.1) is 0 Å². The van der Waals surface area contributed by atoms with E-state index in [0.29, 0.717) is 0 Å². The number of carbonyl (C=O) groups is 1. The maximum Gasteiger partial charge on any atom is 0.219 e. The van der Waals surface area contributed by atoms with Crippen LogP contribution in [0.25, 0.3) is 0 Å². The molecule has 1 saturated heterocycles. The number of benzene rings is 2. The third-order valence-electron chi connectivity index (χ3n) is 4.68. The summed E-state index contributed by atoms with van der Waals surface area (Å²) in [5.41, 5.74) is 2.20. The summed E-state index contributed by atoms with van der Waals surface area (Å²) < 4.78 is 0. The molecule has 0 aromatic heterocycles. The first kappa shape index (κ1) is 16.2. The van der Waals surface area contributed by atoms with Crippen molar-refractivity contribution in [3.8, 4) is 0 Å². The molecule has 25 heavy (non-hydrogen) atoms. The van der Waals surface area contributed by atoms with E-state index in [1.54, 1.807) is 18.7 Å². The lowest BCUT2D eigenvalue weighted by Crippen LogP contribution is -2.37. The van der Waals surface area contributed by atoms with Crippen LogP contribution in [0.15, 0.2) is 63.3 Å². The smallest absolute Gasteiger partial charge is 0.219 e. The zero-order valence-electron chi connectivity index (χ0n) is 14.3. The van der Waals surface area contributed by atoms with Crippen molar-refractivity contribution in [1.29, 1.82) is 0 Å². The van der Waals surface area contributed by atoms with Crippen LogP contribution in [-0.2, 0) is 4.79 Å². The lowest BCUT2D eigenvalue weighted by atomic mass is 10.1. The Bertz CT molecular complexity index is 833. The van der Waals surface area contributed by atoms with Crippen LogP contribution in [0.1, 0.15) is 18.9 Å². The average Bonchev–Trinajstić information content (AvgIpc) is 2.96. The number of fused-ring (bicyclic) bond motifs is 2. The number of amidine groups is 1. The maximum atomic E-state index is 11.7. The Morgan fingerprint density at radius 2 is 1.72 bits per heavy atom. The molecule has 0 N–H and O–H groups in total. The second kappa shape index (κ2) is 6.92. The molecule has 0 bridgehead atoms. The minimum absolute atomic E-state index is 0.158. The molecular weight excluding hydrogens is 330 g/mol. The largest absolute Gasteiger partial charge is 0.354 e. The van der Waals surface area contributed by atoms with Crippen molar-refractivity contribution in [2.24, 2.45) is 4.99 Å². The van der Waals surface area contributed by atoms with Gasteiger partial charge in [0.25, 0.3) is 0 Å². The first-order chi connectivity index (χ1) is 12.2. The molecule has 0 radical (unpaired) electrons. The van der Waals surface area contributed by atoms with Gasteiger partial charge >= 0.3 is 0 Å². The van der Waals surface area contributed by atoms with Crippen molar-refractivity contribution in [3.05, 3.63) is 54.1 Å². The highest BCUT2D eigenvalue weighted by molar-refractivity contribution is 7.99. The zero-order valence-corrected chi connectivity index (χ0v) is 15.1. The molecule has 0 atom stereocenters. The number of rotatable bonds is 0. The molecule has 1 amide bonds. The molecule has 2 aromatic rings. The SMILES string of the molecule is CC(=O)N1CCCN(C2=Nc3ccccc3Sc3ccccc32)CC1. The summed E-state index contributed by atoms with van der Waals surface area (Å²) in [5, 5.41) is 0. The number of carbonyl (C=O) groups excluding carboxylic acids is 1. The summed E-state index contributed by atoms with van der Waals surface area (Å²) in [6.07, 6.45) is 0.968. The molecule has 2 aliphatic rings. The first-order valence-corrected chi connectivity index (χ1v) is 9.49. The number of para-hydroxylation sites is 1. The molecular formula is C20H21N3OS. The van der Waals surface area contributed by atoms with E-state index in [9.17, 15) is 4.79 Å². The molecule has 128 valence electrons. The third-order valence-corrected chi connectivity index (χ3v) is 5.82. The van der Waals surface area contributed by atoms with E-state index in [1.165, 1.54) is 15.4 Å². The Kier molecular flexibility index (Phi) is 4.49. The van der Waals surface area contributed by atoms with Gasteiger partial charge in [0.05, 0.1) is 5.69 Å². The van der Waals surface area contributed by atoms with Crippen molar-refractivity contribution in [3.63, 3.8) is 0 Å². The van der Waals surface area contributed by atoms with Gasteiger partial charge < -0.3 is 9.80 Å². The number of amides is 1. The van der Waals surface area contributed by atoms with Crippen molar-refractivity contribution in [2.75, 3.05) is 26.2 Å². The van der Waals surface area contributed by atoms with E-state index in [1.807, 2.05) is 11.0 Å². The highest BCUT2D eigenvalue weighted by atomic mass is 32.2. The first-order valence-electron chi connectivity index (χ1n) is 8.68. The van der Waals surface area contributed by atoms with Gasteiger partial charge in [0.2, 0.25) is 5.91 Å². The van der Waals surface area contributed by atoms with Crippen LogP contribution in [0.3, 0.4) is 0 Å². The molecule has 4 rings (SSSR count). The molecule has 2 aromatic carbocycles. The van der Waals surface area contributed by atoms with Gasteiger partial charge in [-0.2, -0.15) is 0 Å². The number of hydrogen-bond donors (Lipinski definition) is 0. The summed E-state index contributed by atoms with van der Waals surface area (Å²) in [6, 6.07) is 16.8. The summed E-state index contributed by atoms with van der Waals surface area (Å²) >= 11 is 1.78. The van der Waals surface area contributed by atoms with Crippen LogP contribution in [0.2, 0.25) is 0 Å². The molecule has 0 unspecified atom stereocenters. The number of nitrogens with zero attached hydrogens (tertiary/aromatic N) is 3. The second-order valence-corrected chi connectivity index (χ2v) is 7.43. The molecule has 0 spiro atoms. The van der Waals surface area contributed by atoms with Gasteiger partial charge in [-0.3, -0.25) is 4.79 Å².